The van der Waals surface area contributed by atoms with Crippen molar-refractivity contribution >= 4 is 50.9 Å². The summed E-state index contributed by atoms with van der Waals surface area (Å²) in [6.07, 6.45) is 1.85. The summed E-state index contributed by atoms with van der Waals surface area (Å²) in [4.78, 5) is 4.54. The summed E-state index contributed by atoms with van der Waals surface area (Å²) in [6, 6.07) is 16.3. The number of thiophene rings is 1. The molecular weight excluding hydrogens is 362 g/mol. The first kappa shape index (κ1) is 16.9. The van der Waals surface area contributed by atoms with Gasteiger partial charge >= 0.3 is 0 Å². The Balaban J connectivity index is 1.66. The van der Waals surface area contributed by atoms with Crippen LogP contribution in [-0.2, 0) is 6.54 Å². The quantitative estimate of drug-likeness (QED) is 0.409. The van der Waals surface area contributed by atoms with Gasteiger partial charge in [-0.15, -0.1) is 0 Å². The summed E-state index contributed by atoms with van der Waals surface area (Å²) in [5.41, 5.74) is 4.60. The number of anilines is 3. The summed E-state index contributed by atoms with van der Waals surface area (Å²) in [6.45, 7) is 2.82. The van der Waals surface area contributed by atoms with E-state index in [0.717, 1.165) is 38.6 Å². The molecule has 2 heterocycles. The second-order valence-electron chi connectivity index (χ2n) is 6.13. The standard InChI is InChI=1S/C21H18ClN3S/c1-14-2-7-19-18(20(14)25-17-9-11-26-13-17)8-10-23-21(19)24-12-15-3-5-16(22)6-4-15/h2-11,13,25H,12H2,1H3,(H,23,24). The minimum atomic E-state index is 0.699. The molecule has 0 atom stereocenters. The molecule has 0 aliphatic carbocycles. The summed E-state index contributed by atoms with van der Waals surface area (Å²) >= 11 is 7.64. The number of rotatable bonds is 5. The lowest BCUT2D eigenvalue weighted by atomic mass is 10.1. The van der Waals surface area contributed by atoms with Gasteiger partial charge in [0.05, 0.1) is 0 Å². The Hall–Kier alpha value is -2.56. The molecule has 0 amide bonds. The fraction of sp³-hybridized carbons (Fsp3) is 0.0952. The zero-order valence-corrected chi connectivity index (χ0v) is 15.9. The zero-order chi connectivity index (χ0) is 17.9. The van der Waals surface area contributed by atoms with Gasteiger partial charge in [0.2, 0.25) is 0 Å². The molecule has 130 valence electrons. The van der Waals surface area contributed by atoms with Gasteiger partial charge in [-0.1, -0.05) is 35.9 Å². The molecule has 0 unspecified atom stereocenters. The highest BCUT2D eigenvalue weighted by atomic mass is 35.5. The van der Waals surface area contributed by atoms with Crippen molar-refractivity contribution in [2.24, 2.45) is 0 Å². The predicted molar refractivity (Wildman–Crippen MR) is 113 cm³/mol. The molecule has 0 bridgehead atoms. The molecule has 4 rings (SSSR count). The van der Waals surface area contributed by atoms with Gasteiger partial charge in [0.15, 0.2) is 0 Å². The lowest BCUT2D eigenvalue weighted by molar-refractivity contribution is 1.12. The normalized spacial score (nSPS) is 10.8. The number of nitrogens with zero attached hydrogens (tertiary/aromatic N) is 1. The van der Waals surface area contributed by atoms with Gasteiger partial charge in [0, 0.05) is 45.3 Å². The number of nitrogens with one attached hydrogen (secondary N) is 2. The lowest BCUT2D eigenvalue weighted by Gasteiger charge is -2.15. The minimum Gasteiger partial charge on any atom is -0.365 e. The monoisotopic (exact) mass is 379 g/mol. The van der Waals surface area contributed by atoms with E-state index in [4.69, 9.17) is 11.6 Å². The average Bonchev–Trinajstić information content (AvgIpc) is 3.17. The molecule has 4 aromatic rings. The molecule has 2 N–H and O–H groups in total. The van der Waals surface area contributed by atoms with Crippen LogP contribution in [0.15, 0.2) is 65.5 Å². The zero-order valence-electron chi connectivity index (χ0n) is 14.3. The second-order valence-corrected chi connectivity index (χ2v) is 7.35. The van der Waals surface area contributed by atoms with E-state index in [9.17, 15) is 0 Å². The Kier molecular flexibility index (Phi) is 4.78. The molecule has 26 heavy (non-hydrogen) atoms. The van der Waals surface area contributed by atoms with Crippen molar-refractivity contribution in [1.29, 1.82) is 0 Å². The van der Waals surface area contributed by atoms with Gasteiger partial charge in [-0.25, -0.2) is 4.98 Å². The Morgan fingerprint density at radius 2 is 1.85 bits per heavy atom. The molecule has 0 aliphatic heterocycles. The van der Waals surface area contributed by atoms with Crippen LogP contribution in [0, 0.1) is 6.92 Å². The minimum absolute atomic E-state index is 0.699. The topological polar surface area (TPSA) is 37.0 Å². The smallest absolute Gasteiger partial charge is 0.134 e. The van der Waals surface area contributed by atoms with Gasteiger partial charge in [-0.05, 0) is 47.7 Å². The number of benzene rings is 2. The number of halogens is 1. The first-order valence-electron chi connectivity index (χ1n) is 8.36. The molecule has 0 saturated carbocycles. The van der Waals surface area contributed by atoms with E-state index >= 15 is 0 Å². The maximum absolute atomic E-state index is 5.96. The van der Waals surface area contributed by atoms with Gasteiger partial charge in [0.25, 0.3) is 0 Å². The van der Waals surface area contributed by atoms with Crippen LogP contribution in [0.5, 0.6) is 0 Å². The third-order valence-electron chi connectivity index (χ3n) is 4.32. The van der Waals surface area contributed by atoms with Crippen LogP contribution < -0.4 is 10.6 Å². The van der Waals surface area contributed by atoms with E-state index in [1.807, 2.05) is 30.5 Å². The maximum Gasteiger partial charge on any atom is 0.134 e. The van der Waals surface area contributed by atoms with Gasteiger partial charge in [0.1, 0.15) is 5.82 Å². The van der Waals surface area contributed by atoms with Crippen LogP contribution in [0.3, 0.4) is 0 Å². The van der Waals surface area contributed by atoms with Crippen LogP contribution in [0.4, 0.5) is 17.2 Å². The van der Waals surface area contributed by atoms with Crippen LogP contribution in [0.1, 0.15) is 11.1 Å². The summed E-state index contributed by atoms with van der Waals surface area (Å²) in [5, 5.41) is 14.2. The van der Waals surface area contributed by atoms with Crippen molar-refractivity contribution in [2.45, 2.75) is 13.5 Å². The molecule has 2 aromatic heterocycles. The molecule has 3 nitrogen and oxygen atoms in total. The third-order valence-corrected chi connectivity index (χ3v) is 5.25. The highest BCUT2D eigenvalue weighted by molar-refractivity contribution is 7.08. The first-order chi connectivity index (χ1) is 12.7. The maximum atomic E-state index is 5.96. The largest absolute Gasteiger partial charge is 0.365 e. The molecule has 0 spiro atoms. The number of hydrogen-bond donors (Lipinski definition) is 2. The Morgan fingerprint density at radius 3 is 2.62 bits per heavy atom. The average molecular weight is 380 g/mol. The van der Waals surface area contributed by atoms with Crippen molar-refractivity contribution in [3.63, 3.8) is 0 Å². The Labute approximate surface area is 161 Å². The number of aryl methyl sites for hydroxylation is 1. The van der Waals surface area contributed by atoms with Gasteiger partial charge in [-0.3, -0.25) is 0 Å². The molecule has 0 fully saturated rings. The third kappa shape index (κ3) is 3.52. The van der Waals surface area contributed by atoms with Crippen LogP contribution in [-0.4, -0.2) is 4.98 Å². The molecule has 0 saturated heterocycles. The van der Waals surface area contributed by atoms with E-state index in [1.165, 1.54) is 5.56 Å². The van der Waals surface area contributed by atoms with E-state index in [1.54, 1.807) is 11.3 Å². The lowest BCUT2D eigenvalue weighted by Crippen LogP contribution is -2.02. The van der Waals surface area contributed by atoms with Crippen molar-refractivity contribution in [3.8, 4) is 0 Å². The van der Waals surface area contributed by atoms with Crippen LogP contribution in [0.2, 0.25) is 5.02 Å². The molecule has 2 aromatic carbocycles. The predicted octanol–water partition coefficient (Wildman–Crippen LogP) is 6.61. The van der Waals surface area contributed by atoms with Gasteiger partial charge < -0.3 is 10.6 Å². The van der Waals surface area contributed by atoms with Crippen LogP contribution >= 0.6 is 22.9 Å². The molecule has 5 heteroatoms. The Morgan fingerprint density at radius 1 is 1.00 bits per heavy atom. The number of fused-ring (bicyclic) bond motifs is 1. The van der Waals surface area contributed by atoms with E-state index in [0.29, 0.717) is 6.54 Å². The van der Waals surface area contributed by atoms with E-state index in [2.05, 4.69) is 57.6 Å². The second kappa shape index (κ2) is 7.36. The fourth-order valence-electron chi connectivity index (χ4n) is 2.94. The summed E-state index contributed by atoms with van der Waals surface area (Å²) in [7, 11) is 0. The number of hydrogen-bond acceptors (Lipinski definition) is 4. The fourth-order valence-corrected chi connectivity index (χ4v) is 3.65. The molecule has 0 radical (unpaired) electrons. The van der Waals surface area contributed by atoms with Crippen molar-refractivity contribution in [3.05, 3.63) is 81.6 Å². The van der Waals surface area contributed by atoms with Crippen molar-refractivity contribution < 1.29 is 0 Å². The highest BCUT2D eigenvalue weighted by Gasteiger charge is 2.09. The SMILES string of the molecule is Cc1ccc2c(NCc3ccc(Cl)cc3)nccc2c1Nc1ccsc1. The van der Waals surface area contributed by atoms with Crippen molar-refractivity contribution in [1.82, 2.24) is 4.98 Å². The number of aromatic nitrogens is 1. The van der Waals surface area contributed by atoms with E-state index < -0.39 is 0 Å². The highest BCUT2D eigenvalue weighted by Crippen LogP contribution is 2.33. The first-order valence-corrected chi connectivity index (χ1v) is 9.68. The van der Waals surface area contributed by atoms with Crippen LogP contribution in [0.25, 0.3) is 10.8 Å². The number of pyridine rings is 1. The van der Waals surface area contributed by atoms with Crippen molar-refractivity contribution in [2.75, 3.05) is 10.6 Å². The van der Waals surface area contributed by atoms with Gasteiger partial charge in [-0.2, -0.15) is 11.3 Å². The summed E-state index contributed by atoms with van der Waals surface area (Å²) < 4.78 is 0. The summed E-state index contributed by atoms with van der Waals surface area (Å²) in [5.74, 6) is 0.880. The Bertz CT molecular complexity index is 1030. The molecule has 0 aliphatic rings. The molecular formula is C21H18ClN3S. The van der Waals surface area contributed by atoms with E-state index in [-0.39, 0.29) is 0 Å².